The van der Waals surface area contributed by atoms with Crippen LogP contribution in [0.3, 0.4) is 0 Å². The van der Waals surface area contributed by atoms with Crippen molar-refractivity contribution in [2.75, 3.05) is 14.2 Å². The van der Waals surface area contributed by atoms with E-state index in [2.05, 4.69) is 14.9 Å². The highest BCUT2D eigenvalue weighted by Gasteiger charge is 2.33. The summed E-state index contributed by atoms with van der Waals surface area (Å²) >= 11 is 6.47. The van der Waals surface area contributed by atoms with Crippen LogP contribution < -0.4 is 9.47 Å². The summed E-state index contributed by atoms with van der Waals surface area (Å²) in [6, 6.07) is 15.6. The van der Waals surface area contributed by atoms with E-state index in [1.165, 1.54) is 0 Å². The van der Waals surface area contributed by atoms with Gasteiger partial charge in [0.2, 0.25) is 0 Å². The van der Waals surface area contributed by atoms with E-state index in [1.54, 1.807) is 25.1 Å². The van der Waals surface area contributed by atoms with Crippen LogP contribution >= 0.6 is 11.6 Å². The normalized spacial score (nSPS) is 16.5. The first-order valence-electron chi connectivity index (χ1n) is 11.9. The number of nitrogens with zero attached hydrogens (tertiary/aromatic N) is 4. The molecule has 4 aromatic rings. The number of halogens is 1. The average molecular weight is 523 g/mol. The van der Waals surface area contributed by atoms with Crippen LogP contribution in [0, 0.1) is 0 Å². The molecule has 1 N–H and O–H groups in total. The third-order valence-electron chi connectivity index (χ3n) is 6.55. The molecule has 0 unspecified atom stereocenters. The quantitative estimate of drug-likeness (QED) is 0.330. The smallest absolute Gasteiger partial charge is 0.303 e. The SMILES string of the molecule is COc1cccc([C@H]2O[C@H](CCn3nncc3CCC(=O)O)c3cccn3-c3ccc(Cl)cc32)c1OC. The number of ether oxygens (including phenoxy) is 3. The number of hydrogen-bond donors (Lipinski definition) is 1. The Morgan fingerprint density at radius 3 is 2.78 bits per heavy atom. The Hall–Kier alpha value is -3.82. The third kappa shape index (κ3) is 4.92. The van der Waals surface area contributed by atoms with Crippen LogP contribution in [0.5, 0.6) is 11.5 Å². The molecule has 2 atom stereocenters. The maximum Gasteiger partial charge on any atom is 0.303 e. The van der Waals surface area contributed by atoms with Crippen LogP contribution in [0.2, 0.25) is 5.02 Å². The Morgan fingerprint density at radius 1 is 1.14 bits per heavy atom. The van der Waals surface area contributed by atoms with Crippen molar-refractivity contribution in [3.8, 4) is 17.2 Å². The van der Waals surface area contributed by atoms with E-state index in [1.807, 2.05) is 54.7 Å². The van der Waals surface area contributed by atoms with Gasteiger partial charge in [-0.05, 0) is 42.8 Å². The number of aliphatic carboxylic acids is 1. The topological polar surface area (TPSA) is 101 Å². The van der Waals surface area contributed by atoms with Gasteiger partial charge < -0.3 is 23.9 Å². The number of para-hydroxylation sites is 1. The minimum atomic E-state index is -0.857. The van der Waals surface area contributed by atoms with Crippen LogP contribution in [-0.4, -0.2) is 44.9 Å². The molecule has 0 radical (unpaired) electrons. The van der Waals surface area contributed by atoms with Crippen LogP contribution in [0.15, 0.2) is 60.9 Å². The monoisotopic (exact) mass is 522 g/mol. The molecule has 0 saturated carbocycles. The number of rotatable bonds is 9. The molecular formula is C27H27ClN4O5. The summed E-state index contributed by atoms with van der Waals surface area (Å²) in [5.41, 5.74) is 4.45. The molecule has 37 heavy (non-hydrogen) atoms. The van der Waals surface area contributed by atoms with E-state index >= 15 is 0 Å². The van der Waals surface area contributed by atoms with Gasteiger partial charge >= 0.3 is 5.97 Å². The lowest BCUT2D eigenvalue weighted by molar-refractivity contribution is -0.137. The number of fused-ring (bicyclic) bond motifs is 3. The maximum absolute atomic E-state index is 11.1. The number of aromatic nitrogens is 4. The first-order chi connectivity index (χ1) is 18.0. The van der Waals surface area contributed by atoms with Crippen molar-refractivity contribution in [3.05, 3.63) is 88.5 Å². The van der Waals surface area contributed by atoms with E-state index < -0.39 is 12.1 Å². The van der Waals surface area contributed by atoms with Crippen molar-refractivity contribution in [3.63, 3.8) is 0 Å². The van der Waals surface area contributed by atoms with Gasteiger partial charge in [0.15, 0.2) is 11.5 Å². The number of aryl methyl sites for hydroxylation is 2. The molecule has 1 aliphatic rings. The number of hydrogen-bond acceptors (Lipinski definition) is 6. The van der Waals surface area contributed by atoms with E-state index in [0.29, 0.717) is 35.9 Å². The molecular weight excluding hydrogens is 496 g/mol. The minimum absolute atomic E-state index is 0.0178. The zero-order valence-corrected chi connectivity index (χ0v) is 21.3. The molecule has 3 heterocycles. The van der Waals surface area contributed by atoms with E-state index in [9.17, 15) is 4.79 Å². The highest BCUT2D eigenvalue weighted by Crippen LogP contribution is 2.46. The highest BCUT2D eigenvalue weighted by molar-refractivity contribution is 6.30. The van der Waals surface area contributed by atoms with Crippen LogP contribution in [0.1, 0.15) is 47.6 Å². The van der Waals surface area contributed by atoms with Gasteiger partial charge in [0, 0.05) is 35.3 Å². The summed E-state index contributed by atoms with van der Waals surface area (Å²) in [6.45, 7) is 0.504. The van der Waals surface area contributed by atoms with Crippen LogP contribution in [-0.2, 0) is 22.5 Å². The second kappa shape index (κ2) is 10.7. The second-order valence-electron chi connectivity index (χ2n) is 8.72. The molecule has 0 fully saturated rings. The van der Waals surface area contributed by atoms with Gasteiger partial charge in [-0.2, -0.15) is 0 Å². The predicted octanol–water partition coefficient (Wildman–Crippen LogP) is 5.01. The number of carbonyl (C=O) groups is 1. The van der Waals surface area contributed by atoms with Crippen molar-refractivity contribution in [2.24, 2.45) is 0 Å². The Morgan fingerprint density at radius 2 is 2.00 bits per heavy atom. The first-order valence-corrected chi connectivity index (χ1v) is 12.3. The number of carboxylic acid groups (broad SMARTS) is 1. The van der Waals surface area contributed by atoms with Gasteiger partial charge in [0.05, 0.1) is 43.9 Å². The zero-order valence-electron chi connectivity index (χ0n) is 20.5. The number of carboxylic acids is 1. The van der Waals surface area contributed by atoms with Gasteiger partial charge in [-0.1, -0.05) is 28.9 Å². The lowest BCUT2D eigenvalue weighted by Gasteiger charge is -2.25. The molecule has 0 aliphatic carbocycles. The Kier molecular flexibility index (Phi) is 7.16. The summed E-state index contributed by atoms with van der Waals surface area (Å²) in [7, 11) is 3.22. The Balaban J connectivity index is 1.54. The zero-order chi connectivity index (χ0) is 25.9. The molecule has 5 rings (SSSR count). The van der Waals surface area contributed by atoms with E-state index in [0.717, 1.165) is 28.2 Å². The largest absolute Gasteiger partial charge is 0.493 e. The molecule has 0 spiro atoms. The van der Waals surface area contributed by atoms with Gasteiger partial charge in [0.25, 0.3) is 0 Å². The summed E-state index contributed by atoms with van der Waals surface area (Å²) in [6.07, 6.45) is 3.77. The van der Waals surface area contributed by atoms with Crippen molar-refractivity contribution in [1.82, 2.24) is 19.6 Å². The van der Waals surface area contributed by atoms with Gasteiger partial charge in [-0.25, -0.2) is 4.68 Å². The second-order valence-corrected chi connectivity index (χ2v) is 9.16. The summed E-state index contributed by atoms with van der Waals surface area (Å²) in [5, 5.41) is 17.9. The molecule has 10 heteroatoms. The predicted molar refractivity (Wildman–Crippen MR) is 137 cm³/mol. The minimum Gasteiger partial charge on any atom is -0.493 e. The average Bonchev–Trinajstić information content (AvgIpc) is 3.54. The van der Waals surface area contributed by atoms with Crippen molar-refractivity contribution < 1.29 is 24.1 Å². The van der Waals surface area contributed by atoms with E-state index in [-0.39, 0.29) is 12.5 Å². The molecule has 2 aromatic heterocycles. The molecule has 0 saturated heterocycles. The van der Waals surface area contributed by atoms with Crippen LogP contribution in [0.4, 0.5) is 0 Å². The van der Waals surface area contributed by atoms with Crippen molar-refractivity contribution in [2.45, 2.75) is 38.0 Å². The maximum atomic E-state index is 11.1. The molecule has 0 amide bonds. The van der Waals surface area contributed by atoms with Gasteiger partial charge in [0.1, 0.15) is 12.2 Å². The molecule has 2 aromatic carbocycles. The van der Waals surface area contributed by atoms with Crippen LogP contribution in [0.25, 0.3) is 5.69 Å². The highest BCUT2D eigenvalue weighted by atomic mass is 35.5. The van der Waals surface area contributed by atoms with Gasteiger partial charge in [-0.15, -0.1) is 5.10 Å². The van der Waals surface area contributed by atoms with Crippen molar-refractivity contribution >= 4 is 17.6 Å². The summed E-state index contributed by atoms with van der Waals surface area (Å²) in [5.74, 6) is 0.348. The fourth-order valence-corrected chi connectivity index (χ4v) is 5.03. The van der Waals surface area contributed by atoms with Gasteiger partial charge in [-0.3, -0.25) is 4.79 Å². The Bertz CT molecular complexity index is 1420. The third-order valence-corrected chi connectivity index (χ3v) is 6.79. The molecule has 9 nitrogen and oxygen atoms in total. The summed E-state index contributed by atoms with van der Waals surface area (Å²) in [4.78, 5) is 11.1. The molecule has 192 valence electrons. The fourth-order valence-electron chi connectivity index (χ4n) is 4.85. The Labute approximate surface area is 219 Å². The number of methoxy groups -OCH3 is 2. The number of benzene rings is 2. The molecule has 0 bridgehead atoms. The van der Waals surface area contributed by atoms with Crippen molar-refractivity contribution in [1.29, 1.82) is 0 Å². The first kappa shape index (κ1) is 24.9. The summed E-state index contributed by atoms with van der Waals surface area (Å²) < 4.78 is 22.1. The lowest BCUT2D eigenvalue weighted by atomic mass is 9.98. The lowest BCUT2D eigenvalue weighted by Crippen LogP contribution is -2.15. The van der Waals surface area contributed by atoms with E-state index in [4.69, 9.17) is 30.9 Å². The standard InChI is InChI=1S/C27H27ClN4O5/c1-35-24-7-3-5-19(27(24)36-2)26-20-15-17(28)8-10-21(20)31-13-4-6-22(31)23(37-26)12-14-32-18(16-29-30-32)9-11-25(33)34/h3-8,10,13,15-16,23,26H,9,11-12,14H2,1-2H3,(H,33,34)/t23-,26-/m1/s1. The fraction of sp³-hybridized carbons (Fsp3) is 0.296. The molecule has 1 aliphatic heterocycles.